The maximum Gasteiger partial charge on any atom is 0.321 e. The standard InChI is InChI=1S/C19H20O4/c1-3-19(14(2)20,18(21)22)16-9-11-17(12-10-16)23-13-15-7-5-4-6-8-15/h4-12H,3,13H2,1-2H3,(H,21,22). The molecule has 0 radical (unpaired) electrons. The van der Waals surface area contributed by atoms with Crippen molar-refractivity contribution in [3.8, 4) is 5.75 Å². The van der Waals surface area contributed by atoms with Crippen LogP contribution in [0.25, 0.3) is 0 Å². The average molecular weight is 312 g/mol. The van der Waals surface area contributed by atoms with Crippen LogP contribution in [0.4, 0.5) is 0 Å². The maximum absolute atomic E-state index is 11.9. The second kappa shape index (κ2) is 7.09. The van der Waals surface area contributed by atoms with Crippen molar-refractivity contribution in [2.45, 2.75) is 32.3 Å². The van der Waals surface area contributed by atoms with Crippen molar-refractivity contribution in [3.63, 3.8) is 0 Å². The van der Waals surface area contributed by atoms with E-state index in [2.05, 4.69) is 0 Å². The molecule has 2 aromatic rings. The summed E-state index contributed by atoms with van der Waals surface area (Å²) < 4.78 is 5.68. The van der Waals surface area contributed by atoms with Crippen molar-refractivity contribution in [1.82, 2.24) is 0 Å². The number of ether oxygens (including phenoxy) is 1. The van der Waals surface area contributed by atoms with Crippen molar-refractivity contribution in [2.24, 2.45) is 0 Å². The Kier molecular flexibility index (Phi) is 5.16. The third-order valence-electron chi connectivity index (χ3n) is 4.09. The number of carboxylic acids is 1. The summed E-state index contributed by atoms with van der Waals surface area (Å²) in [6.07, 6.45) is 0.210. The Bertz CT molecular complexity index is 660. The van der Waals surface area contributed by atoms with Gasteiger partial charge in [-0.1, -0.05) is 49.4 Å². The van der Waals surface area contributed by atoms with E-state index in [9.17, 15) is 14.7 Å². The van der Waals surface area contributed by atoms with Gasteiger partial charge in [0.1, 0.15) is 12.4 Å². The molecule has 1 atom stereocenters. The zero-order valence-corrected chi connectivity index (χ0v) is 13.3. The minimum atomic E-state index is -1.49. The quantitative estimate of drug-likeness (QED) is 0.794. The summed E-state index contributed by atoms with van der Waals surface area (Å²) in [6.45, 7) is 3.46. The SMILES string of the molecule is CCC(C(C)=O)(C(=O)O)c1ccc(OCc2ccccc2)cc1. The number of carboxylic acid groups (broad SMARTS) is 1. The highest BCUT2D eigenvalue weighted by atomic mass is 16.5. The largest absolute Gasteiger partial charge is 0.489 e. The van der Waals surface area contributed by atoms with Gasteiger partial charge in [-0.05, 0) is 36.6 Å². The molecule has 0 aliphatic heterocycles. The number of carbonyl (C=O) groups is 2. The minimum Gasteiger partial charge on any atom is -0.489 e. The van der Waals surface area contributed by atoms with Crippen LogP contribution in [0.2, 0.25) is 0 Å². The van der Waals surface area contributed by atoms with Gasteiger partial charge in [0.05, 0.1) is 0 Å². The lowest BCUT2D eigenvalue weighted by atomic mass is 9.75. The monoisotopic (exact) mass is 312 g/mol. The molecule has 0 saturated heterocycles. The molecule has 1 N–H and O–H groups in total. The lowest BCUT2D eigenvalue weighted by Gasteiger charge is -2.25. The minimum absolute atomic E-state index is 0.210. The molecule has 0 aromatic heterocycles. The normalized spacial score (nSPS) is 13.1. The van der Waals surface area contributed by atoms with E-state index in [-0.39, 0.29) is 12.2 Å². The highest BCUT2D eigenvalue weighted by molar-refractivity contribution is 6.07. The molecule has 1 unspecified atom stereocenters. The topological polar surface area (TPSA) is 63.6 Å². The van der Waals surface area contributed by atoms with E-state index in [0.29, 0.717) is 17.9 Å². The van der Waals surface area contributed by atoms with Gasteiger partial charge in [-0.15, -0.1) is 0 Å². The van der Waals surface area contributed by atoms with Gasteiger partial charge >= 0.3 is 5.97 Å². The van der Waals surface area contributed by atoms with Gasteiger partial charge < -0.3 is 9.84 Å². The first-order valence-electron chi connectivity index (χ1n) is 7.52. The van der Waals surface area contributed by atoms with Crippen LogP contribution in [0.15, 0.2) is 54.6 Å². The molecule has 4 heteroatoms. The molecule has 0 bridgehead atoms. The fourth-order valence-electron chi connectivity index (χ4n) is 2.66. The first-order chi connectivity index (χ1) is 11.0. The van der Waals surface area contributed by atoms with Crippen LogP contribution in [0, 0.1) is 0 Å². The van der Waals surface area contributed by atoms with E-state index in [1.54, 1.807) is 31.2 Å². The van der Waals surface area contributed by atoms with E-state index in [4.69, 9.17) is 4.74 Å². The molecule has 0 aliphatic rings. The molecule has 0 saturated carbocycles. The van der Waals surface area contributed by atoms with Crippen molar-refractivity contribution in [1.29, 1.82) is 0 Å². The van der Waals surface area contributed by atoms with Gasteiger partial charge in [0.15, 0.2) is 11.2 Å². The molecular weight excluding hydrogens is 292 g/mol. The zero-order chi connectivity index (χ0) is 16.9. The van der Waals surface area contributed by atoms with Crippen LogP contribution in [0.5, 0.6) is 5.75 Å². The molecule has 0 spiro atoms. The maximum atomic E-state index is 11.9. The Labute approximate surface area is 135 Å². The van der Waals surface area contributed by atoms with Crippen molar-refractivity contribution in [2.75, 3.05) is 0 Å². The third-order valence-corrected chi connectivity index (χ3v) is 4.09. The molecule has 2 aromatic carbocycles. The Morgan fingerprint density at radius 1 is 1.04 bits per heavy atom. The summed E-state index contributed by atoms with van der Waals surface area (Å²) in [7, 11) is 0. The predicted octanol–water partition coefficient (Wildman–Crippen LogP) is 3.59. The number of hydrogen-bond donors (Lipinski definition) is 1. The zero-order valence-electron chi connectivity index (χ0n) is 13.3. The first-order valence-corrected chi connectivity index (χ1v) is 7.52. The highest BCUT2D eigenvalue weighted by Gasteiger charge is 2.43. The average Bonchev–Trinajstić information content (AvgIpc) is 2.55. The van der Waals surface area contributed by atoms with Crippen LogP contribution < -0.4 is 4.74 Å². The molecule has 4 nitrogen and oxygen atoms in total. The number of aliphatic carboxylic acids is 1. The van der Waals surface area contributed by atoms with E-state index in [0.717, 1.165) is 5.56 Å². The molecule has 23 heavy (non-hydrogen) atoms. The van der Waals surface area contributed by atoms with Gasteiger partial charge in [-0.25, -0.2) is 0 Å². The van der Waals surface area contributed by atoms with Crippen molar-refractivity contribution in [3.05, 3.63) is 65.7 Å². The highest BCUT2D eigenvalue weighted by Crippen LogP contribution is 2.31. The summed E-state index contributed by atoms with van der Waals surface area (Å²) >= 11 is 0. The van der Waals surface area contributed by atoms with Gasteiger partial charge in [-0.3, -0.25) is 9.59 Å². The Morgan fingerprint density at radius 2 is 1.65 bits per heavy atom. The Balaban J connectivity index is 2.18. The van der Waals surface area contributed by atoms with Crippen LogP contribution in [-0.4, -0.2) is 16.9 Å². The number of ketones is 1. The molecule has 120 valence electrons. The fourth-order valence-corrected chi connectivity index (χ4v) is 2.66. The van der Waals surface area contributed by atoms with E-state index in [1.165, 1.54) is 6.92 Å². The lowest BCUT2D eigenvalue weighted by molar-refractivity contribution is -0.148. The van der Waals surface area contributed by atoms with Crippen LogP contribution in [0.3, 0.4) is 0 Å². The smallest absolute Gasteiger partial charge is 0.321 e. The Hall–Kier alpha value is -2.62. The number of carbonyl (C=O) groups excluding carboxylic acids is 1. The number of benzene rings is 2. The van der Waals surface area contributed by atoms with E-state index < -0.39 is 11.4 Å². The van der Waals surface area contributed by atoms with Gasteiger partial charge in [0.25, 0.3) is 0 Å². The molecule has 2 rings (SSSR count). The molecular formula is C19H20O4. The number of rotatable bonds is 7. The van der Waals surface area contributed by atoms with Crippen molar-refractivity contribution < 1.29 is 19.4 Å². The van der Waals surface area contributed by atoms with E-state index >= 15 is 0 Å². The second-order valence-corrected chi connectivity index (χ2v) is 5.42. The predicted molar refractivity (Wildman–Crippen MR) is 87.5 cm³/mol. The summed E-state index contributed by atoms with van der Waals surface area (Å²) in [5, 5.41) is 9.52. The molecule has 0 fully saturated rings. The molecule has 0 amide bonds. The fraction of sp³-hybridized carbons (Fsp3) is 0.263. The van der Waals surface area contributed by atoms with E-state index in [1.807, 2.05) is 30.3 Å². The first kappa shape index (κ1) is 16.7. The van der Waals surface area contributed by atoms with Crippen LogP contribution >= 0.6 is 0 Å². The van der Waals surface area contributed by atoms with Crippen molar-refractivity contribution >= 4 is 11.8 Å². The Morgan fingerprint density at radius 3 is 2.13 bits per heavy atom. The third kappa shape index (κ3) is 3.42. The van der Waals surface area contributed by atoms with Gasteiger partial charge in [0, 0.05) is 0 Å². The molecule has 0 heterocycles. The van der Waals surface area contributed by atoms with Gasteiger partial charge in [0.2, 0.25) is 0 Å². The van der Waals surface area contributed by atoms with Crippen LogP contribution in [0.1, 0.15) is 31.4 Å². The summed E-state index contributed by atoms with van der Waals surface area (Å²) in [5.74, 6) is -0.854. The number of hydrogen-bond acceptors (Lipinski definition) is 3. The number of Topliss-reactive ketones (excluding diaryl/α,β-unsaturated/α-hetero) is 1. The summed E-state index contributed by atoms with van der Waals surface area (Å²) in [4.78, 5) is 23.6. The summed E-state index contributed by atoms with van der Waals surface area (Å²) in [6, 6.07) is 16.5. The molecule has 0 aliphatic carbocycles. The van der Waals surface area contributed by atoms with Crippen LogP contribution in [-0.2, 0) is 21.6 Å². The summed E-state index contributed by atoms with van der Waals surface area (Å²) in [5.41, 5.74) is 0.0404. The van der Waals surface area contributed by atoms with Gasteiger partial charge in [-0.2, -0.15) is 0 Å². The lowest BCUT2D eigenvalue weighted by Crippen LogP contribution is -2.41. The second-order valence-electron chi connectivity index (χ2n) is 5.42.